The van der Waals surface area contributed by atoms with E-state index in [2.05, 4.69) is 15.8 Å². The van der Waals surface area contributed by atoms with Crippen LogP contribution in [0.1, 0.15) is 27.0 Å². The number of ether oxygens (including phenoxy) is 1. The van der Waals surface area contributed by atoms with Crippen LogP contribution in [-0.2, 0) is 4.79 Å². The summed E-state index contributed by atoms with van der Waals surface area (Å²) < 4.78 is 5.59. The van der Waals surface area contributed by atoms with Crippen molar-refractivity contribution < 1.29 is 14.3 Å². The van der Waals surface area contributed by atoms with Crippen molar-refractivity contribution in [2.45, 2.75) is 13.8 Å². The second-order valence-corrected chi connectivity index (χ2v) is 6.72. The lowest BCUT2D eigenvalue weighted by atomic mass is 10.1. The molecule has 0 saturated heterocycles. The molecule has 0 bridgehead atoms. The molecule has 0 saturated carbocycles. The van der Waals surface area contributed by atoms with E-state index in [1.165, 1.54) is 6.21 Å². The fraction of sp³-hybridized carbons (Fsp3) is 0.125. The first-order valence-electron chi connectivity index (χ1n) is 9.50. The lowest BCUT2D eigenvalue weighted by Gasteiger charge is -2.11. The maximum Gasteiger partial charge on any atom is 0.271 e. The number of carbonyl (C=O) groups is 2. The first-order valence-corrected chi connectivity index (χ1v) is 9.50. The Morgan fingerprint density at radius 2 is 1.73 bits per heavy atom. The summed E-state index contributed by atoms with van der Waals surface area (Å²) in [5.74, 6) is 0.00436. The third-order valence-electron chi connectivity index (χ3n) is 4.52. The fourth-order valence-corrected chi connectivity index (χ4v) is 2.73. The average Bonchev–Trinajstić information content (AvgIpc) is 2.76. The minimum Gasteiger partial charge on any atom is -0.484 e. The van der Waals surface area contributed by atoms with Gasteiger partial charge in [0, 0.05) is 11.3 Å². The standard InChI is InChI=1S/C24H23N3O3/c1-17-8-6-13-22(18(17)2)26-23(28)16-30-21-12-7-9-19(14-21)15-25-27-24(29)20-10-4-3-5-11-20/h3-15H,16H2,1-2H3,(H,26,28)(H,27,29)/b25-15+. The highest BCUT2D eigenvalue weighted by Gasteiger charge is 2.07. The number of anilines is 1. The summed E-state index contributed by atoms with van der Waals surface area (Å²) in [7, 11) is 0. The van der Waals surface area contributed by atoms with Crippen molar-refractivity contribution in [1.29, 1.82) is 0 Å². The number of benzene rings is 3. The molecule has 0 aliphatic rings. The zero-order valence-corrected chi connectivity index (χ0v) is 16.9. The molecule has 0 atom stereocenters. The van der Waals surface area contributed by atoms with Gasteiger partial charge in [0.2, 0.25) is 0 Å². The molecule has 0 aliphatic heterocycles. The number of aryl methyl sites for hydroxylation is 1. The molecule has 3 rings (SSSR count). The van der Waals surface area contributed by atoms with Crippen LogP contribution < -0.4 is 15.5 Å². The Morgan fingerprint density at radius 3 is 2.53 bits per heavy atom. The minimum atomic E-state index is -0.289. The van der Waals surface area contributed by atoms with Gasteiger partial charge in [0.15, 0.2) is 6.61 Å². The second-order valence-electron chi connectivity index (χ2n) is 6.72. The number of carbonyl (C=O) groups excluding carboxylic acids is 2. The molecular weight excluding hydrogens is 378 g/mol. The Balaban J connectivity index is 1.53. The van der Waals surface area contributed by atoms with Crippen molar-refractivity contribution in [2.75, 3.05) is 11.9 Å². The summed E-state index contributed by atoms with van der Waals surface area (Å²) in [5, 5.41) is 6.83. The summed E-state index contributed by atoms with van der Waals surface area (Å²) in [6, 6.07) is 21.7. The van der Waals surface area contributed by atoms with Crippen LogP contribution in [-0.4, -0.2) is 24.6 Å². The SMILES string of the molecule is Cc1cccc(NC(=O)COc2cccc(/C=N/NC(=O)c3ccccc3)c2)c1C. The molecule has 0 radical (unpaired) electrons. The Labute approximate surface area is 175 Å². The summed E-state index contributed by atoms with van der Waals surface area (Å²) >= 11 is 0. The molecule has 0 unspecified atom stereocenters. The monoisotopic (exact) mass is 401 g/mol. The summed E-state index contributed by atoms with van der Waals surface area (Å²) in [5.41, 5.74) is 6.66. The second kappa shape index (κ2) is 10.0. The van der Waals surface area contributed by atoms with Crippen molar-refractivity contribution in [2.24, 2.45) is 5.10 Å². The molecule has 30 heavy (non-hydrogen) atoms. The van der Waals surface area contributed by atoms with Gasteiger partial charge in [-0.2, -0.15) is 5.10 Å². The number of rotatable bonds is 7. The summed E-state index contributed by atoms with van der Waals surface area (Å²) in [4.78, 5) is 24.2. The zero-order chi connectivity index (χ0) is 21.3. The topological polar surface area (TPSA) is 79.8 Å². The number of nitrogens with zero attached hydrogens (tertiary/aromatic N) is 1. The van der Waals surface area contributed by atoms with Crippen molar-refractivity contribution in [1.82, 2.24) is 5.43 Å². The van der Waals surface area contributed by atoms with Crippen molar-refractivity contribution >= 4 is 23.7 Å². The number of hydrogen-bond acceptors (Lipinski definition) is 4. The van der Waals surface area contributed by atoms with Crippen LogP contribution in [0.3, 0.4) is 0 Å². The van der Waals surface area contributed by atoms with Crippen LogP contribution in [0.5, 0.6) is 5.75 Å². The van der Waals surface area contributed by atoms with Crippen LogP contribution in [0.25, 0.3) is 0 Å². The molecule has 0 aromatic heterocycles. The molecule has 6 heteroatoms. The first kappa shape index (κ1) is 20.8. The number of amides is 2. The third-order valence-corrected chi connectivity index (χ3v) is 4.52. The van der Waals surface area contributed by atoms with Gasteiger partial charge >= 0.3 is 0 Å². The van der Waals surface area contributed by atoms with E-state index >= 15 is 0 Å². The van der Waals surface area contributed by atoms with Gasteiger partial charge in [0.25, 0.3) is 11.8 Å². The van der Waals surface area contributed by atoms with E-state index in [-0.39, 0.29) is 18.4 Å². The lowest BCUT2D eigenvalue weighted by Crippen LogP contribution is -2.20. The third kappa shape index (κ3) is 5.78. The fourth-order valence-electron chi connectivity index (χ4n) is 2.73. The number of hydrogen-bond donors (Lipinski definition) is 2. The van der Waals surface area contributed by atoms with Gasteiger partial charge in [-0.15, -0.1) is 0 Å². The number of nitrogens with one attached hydrogen (secondary N) is 2. The Morgan fingerprint density at radius 1 is 0.967 bits per heavy atom. The smallest absolute Gasteiger partial charge is 0.271 e. The van der Waals surface area contributed by atoms with E-state index in [4.69, 9.17) is 4.74 Å². The van der Waals surface area contributed by atoms with Crippen LogP contribution in [0.15, 0.2) is 77.9 Å². The molecule has 2 N–H and O–H groups in total. The first-order chi connectivity index (χ1) is 14.5. The molecule has 0 fully saturated rings. The Bertz CT molecular complexity index is 1060. The Kier molecular flexibility index (Phi) is 6.95. The molecule has 0 heterocycles. The van der Waals surface area contributed by atoms with E-state index in [9.17, 15) is 9.59 Å². The van der Waals surface area contributed by atoms with Crippen LogP contribution in [0.2, 0.25) is 0 Å². The minimum absolute atomic E-state index is 0.112. The lowest BCUT2D eigenvalue weighted by molar-refractivity contribution is -0.118. The summed E-state index contributed by atoms with van der Waals surface area (Å²) in [6.07, 6.45) is 1.52. The molecule has 152 valence electrons. The average molecular weight is 401 g/mol. The molecule has 3 aromatic carbocycles. The largest absolute Gasteiger partial charge is 0.484 e. The van der Waals surface area contributed by atoms with Gasteiger partial charge in [-0.25, -0.2) is 5.43 Å². The van der Waals surface area contributed by atoms with Crippen LogP contribution in [0.4, 0.5) is 5.69 Å². The maximum absolute atomic E-state index is 12.2. The van der Waals surface area contributed by atoms with Gasteiger partial charge in [0.05, 0.1) is 6.21 Å². The maximum atomic E-state index is 12.2. The zero-order valence-electron chi connectivity index (χ0n) is 16.9. The highest BCUT2D eigenvalue weighted by molar-refractivity contribution is 5.95. The molecule has 6 nitrogen and oxygen atoms in total. The quantitative estimate of drug-likeness (QED) is 0.462. The predicted octanol–water partition coefficient (Wildman–Crippen LogP) is 4.08. The van der Waals surface area contributed by atoms with E-state index in [1.54, 1.807) is 42.5 Å². The van der Waals surface area contributed by atoms with E-state index in [0.29, 0.717) is 11.3 Å². The summed E-state index contributed by atoms with van der Waals surface area (Å²) in [6.45, 7) is 3.85. The molecule has 3 aromatic rings. The van der Waals surface area contributed by atoms with Gasteiger partial charge < -0.3 is 10.1 Å². The van der Waals surface area contributed by atoms with Gasteiger partial charge in [0.1, 0.15) is 5.75 Å². The van der Waals surface area contributed by atoms with Gasteiger partial charge in [-0.05, 0) is 60.9 Å². The van der Waals surface area contributed by atoms with E-state index in [1.807, 2.05) is 44.2 Å². The van der Waals surface area contributed by atoms with E-state index < -0.39 is 0 Å². The molecular formula is C24H23N3O3. The Hall–Kier alpha value is -3.93. The van der Waals surface area contributed by atoms with Crippen molar-refractivity contribution in [3.8, 4) is 5.75 Å². The van der Waals surface area contributed by atoms with Gasteiger partial charge in [-0.1, -0.05) is 42.5 Å². The molecule has 0 aliphatic carbocycles. The highest BCUT2D eigenvalue weighted by atomic mass is 16.5. The van der Waals surface area contributed by atoms with Gasteiger partial charge in [-0.3, -0.25) is 9.59 Å². The highest BCUT2D eigenvalue weighted by Crippen LogP contribution is 2.18. The molecule has 2 amide bonds. The van der Waals surface area contributed by atoms with Crippen LogP contribution in [0, 0.1) is 13.8 Å². The molecule has 0 spiro atoms. The van der Waals surface area contributed by atoms with Crippen LogP contribution >= 0.6 is 0 Å². The van der Waals surface area contributed by atoms with E-state index in [0.717, 1.165) is 22.4 Å². The normalized spacial score (nSPS) is 10.6. The van der Waals surface area contributed by atoms with Crippen molar-refractivity contribution in [3.63, 3.8) is 0 Å². The number of hydrazone groups is 1. The predicted molar refractivity (Wildman–Crippen MR) is 118 cm³/mol. The van der Waals surface area contributed by atoms with Crippen molar-refractivity contribution in [3.05, 3.63) is 95.1 Å².